The molecule has 136 valence electrons. The minimum absolute atomic E-state index is 0.00710. The minimum Gasteiger partial charge on any atom is -0.350 e. The average molecular weight is 341 g/mol. The van der Waals surface area contributed by atoms with Crippen molar-refractivity contribution in [3.05, 3.63) is 35.4 Å². The first-order valence-electron chi connectivity index (χ1n) is 9.99. The third kappa shape index (κ3) is 3.75. The van der Waals surface area contributed by atoms with E-state index < -0.39 is 0 Å². The third-order valence-electron chi connectivity index (χ3n) is 6.54. The average Bonchev–Trinajstić information content (AvgIpc) is 3.01. The molecule has 0 aromatic heterocycles. The van der Waals surface area contributed by atoms with E-state index in [1.165, 1.54) is 63.7 Å². The number of likely N-dealkylation sites (tertiary alicyclic amines) is 1. The molecule has 1 aliphatic heterocycles. The number of rotatable bonds is 6. The van der Waals surface area contributed by atoms with Gasteiger partial charge >= 0.3 is 0 Å². The summed E-state index contributed by atoms with van der Waals surface area (Å²) in [5.74, 6) is 0.00710. The van der Waals surface area contributed by atoms with Crippen LogP contribution in [-0.2, 0) is 5.41 Å². The molecule has 0 atom stereocenters. The van der Waals surface area contributed by atoms with Crippen molar-refractivity contribution in [2.24, 2.45) is 5.73 Å². The van der Waals surface area contributed by atoms with E-state index >= 15 is 0 Å². The molecule has 1 heterocycles. The molecule has 0 unspecified atom stereocenters. The van der Waals surface area contributed by atoms with Crippen LogP contribution in [0.5, 0.6) is 0 Å². The number of carbonyl (C=O) groups excluding carboxylic acids is 1. The Hall–Kier alpha value is -1.39. The van der Waals surface area contributed by atoms with Gasteiger partial charge in [-0.2, -0.15) is 0 Å². The molecule has 3 aliphatic rings. The van der Waals surface area contributed by atoms with Gasteiger partial charge in [-0.1, -0.05) is 25.0 Å². The van der Waals surface area contributed by atoms with Crippen LogP contribution in [0, 0.1) is 0 Å². The second-order valence-corrected chi connectivity index (χ2v) is 8.59. The fourth-order valence-corrected chi connectivity index (χ4v) is 4.65. The number of carbonyl (C=O) groups is 1. The minimum atomic E-state index is -0.191. The SMILES string of the molecule is NC1(CNC(=O)c2ccc(C3(CN4CCCC4)CC3)cc2)CCCC1. The summed E-state index contributed by atoms with van der Waals surface area (Å²) in [5, 5.41) is 3.04. The number of amides is 1. The molecule has 1 aromatic carbocycles. The molecule has 1 amide bonds. The van der Waals surface area contributed by atoms with Gasteiger partial charge in [0.2, 0.25) is 0 Å². The Morgan fingerprint density at radius 3 is 2.24 bits per heavy atom. The Morgan fingerprint density at radius 2 is 1.64 bits per heavy atom. The first kappa shape index (κ1) is 17.0. The smallest absolute Gasteiger partial charge is 0.251 e. The highest BCUT2D eigenvalue weighted by Gasteiger charge is 2.45. The Balaban J connectivity index is 1.35. The van der Waals surface area contributed by atoms with Gasteiger partial charge in [0.05, 0.1) is 0 Å². The van der Waals surface area contributed by atoms with Crippen molar-refractivity contribution < 1.29 is 4.79 Å². The molecule has 0 spiro atoms. The second-order valence-electron chi connectivity index (χ2n) is 8.59. The molecule has 3 fully saturated rings. The fraction of sp³-hybridized carbons (Fsp3) is 0.667. The van der Waals surface area contributed by atoms with Gasteiger partial charge in [-0.3, -0.25) is 4.79 Å². The van der Waals surface area contributed by atoms with E-state index in [1.807, 2.05) is 12.1 Å². The molecule has 1 aromatic rings. The topological polar surface area (TPSA) is 58.4 Å². The van der Waals surface area contributed by atoms with Crippen molar-refractivity contribution in [1.29, 1.82) is 0 Å². The highest BCUT2D eigenvalue weighted by molar-refractivity contribution is 5.94. The molecule has 25 heavy (non-hydrogen) atoms. The lowest BCUT2D eigenvalue weighted by Crippen LogP contribution is -2.47. The molecule has 2 saturated carbocycles. The molecule has 1 saturated heterocycles. The zero-order valence-corrected chi connectivity index (χ0v) is 15.2. The van der Waals surface area contributed by atoms with Crippen molar-refractivity contribution in [2.45, 2.75) is 62.3 Å². The van der Waals surface area contributed by atoms with E-state index in [-0.39, 0.29) is 11.4 Å². The molecule has 4 rings (SSSR count). The summed E-state index contributed by atoms with van der Waals surface area (Å²) < 4.78 is 0. The zero-order valence-electron chi connectivity index (χ0n) is 15.2. The second kappa shape index (κ2) is 6.73. The summed E-state index contributed by atoms with van der Waals surface area (Å²) in [6.07, 6.45) is 9.65. The Kier molecular flexibility index (Phi) is 4.59. The van der Waals surface area contributed by atoms with E-state index in [4.69, 9.17) is 5.73 Å². The van der Waals surface area contributed by atoms with E-state index in [0.717, 1.165) is 18.4 Å². The lowest BCUT2D eigenvalue weighted by Gasteiger charge is -2.24. The molecular formula is C21H31N3O. The van der Waals surface area contributed by atoms with Gasteiger partial charge in [-0.05, 0) is 69.3 Å². The number of hydrogen-bond acceptors (Lipinski definition) is 3. The number of nitrogens with one attached hydrogen (secondary N) is 1. The third-order valence-corrected chi connectivity index (χ3v) is 6.54. The van der Waals surface area contributed by atoms with Gasteiger partial charge in [0.15, 0.2) is 0 Å². The Bertz CT molecular complexity index is 609. The first-order chi connectivity index (χ1) is 12.1. The molecule has 0 bridgehead atoms. The van der Waals surface area contributed by atoms with Crippen LogP contribution in [0.15, 0.2) is 24.3 Å². The summed E-state index contributed by atoms with van der Waals surface area (Å²) in [4.78, 5) is 15.0. The predicted octanol–water partition coefficient (Wildman–Crippen LogP) is 2.82. The van der Waals surface area contributed by atoms with Gasteiger partial charge in [-0.25, -0.2) is 0 Å². The van der Waals surface area contributed by atoms with Gasteiger partial charge < -0.3 is 16.0 Å². The van der Waals surface area contributed by atoms with Crippen molar-refractivity contribution in [3.8, 4) is 0 Å². The van der Waals surface area contributed by atoms with Crippen LogP contribution in [0.25, 0.3) is 0 Å². The van der Waals surface area contributed by atoms with Crippen molar-refractivity contribution in [1.82, 2.24) is 10.2 Å². The number of nitrogens with zero attached hydrogens (tertiary/aromatic N) is 1. The maximum Gasteiger partial charge on any atom is 0.251 e. The van der Waals surface area contributed by atoms with Crippen LogP contribution in [0.3, 0.4) is 0 Å². The monoisotopic (exact) mass is 341 g/mol. The van der Waals surface area contributed by atoms with E-state index in [1.54, 1.807) is 0 Å². The molecule has 0 radical (unpaired) electrons. The van der Waals surface area contributed by atoms with Crippen LogP contribution in [0.2, 0.25) is 0 Å². The van der Waals surface area contributed by atoms with Gasteiger partial charge in [0.1, 0.15) is 0 Å². The Morgan fingerprint density at radius 1 is 1.00 bits per heavy atom. The summed E-state index contributed by atoms with van der Waals surface area (Å²) >= 11 is 0. The van der Waals surface area contributed by atoms with Crippen LogP contribution in [0.4, 0.5) is 0 Å². The Labute approximate surface area is 151 Å². The normalized spacial score (nSPS) is 24.4. The molecule has 4 heteroatoms. The van der Waals surface area contributed by atoms with Crippen molar-refractivity contribution in [2.75, 3.05) is 26.2 Å². The van der Waals surface area contributed by atoms with Gasteiger partial charge in [0.25, 0.3) is 5.91 Å². The van der Waals surface area contributed by atoms with Crippen molar-refractivity contribution >= 4 is 5.91 Å². The van der Waals surface area contributed by atoms with E-state index in [9.17, 15) is 4.79 Å². The van der Waals surface area contributed by atoms with Crippen LogP contribution >= 0.6 is 0 Å². The molecule has 4 nitrogen and oxygen atoms in total. The lowest BCUT2D eigenvalue weighted by molar-refractivity contribution is 0.0943. The first-order valence-corrected chi connectivity index (χ1v) is 9.99. The molecule has 2 aliphatic carbocycles. The molecule has 3 N–H and O–H groups in total. The van der Waals surface area contributed by atoms with Gasteiger partial charge in [0, 0.05) is 29.6 Å². The number of benzene rings is 1. The quantitative estimate of drug-likeness (QED) is 0.836. The fourth-order valence-electron chi connectivity index (χ4n) is 4.65. The van der Waals surface area contributed by atoms with Crippen LogP contribution < -0.4 is 11.1 Å². The van der Waals surface area contributed by atoms with Crippen LogP contribution in [-0.4, -0.2) is 42.5 Å². The summed E-state index contributed by atoms with van der Waals surface area (Å²) in [6.45, 7) is 4.28. The molecular weight excluding hydrogens is 310 g/mol. The maximum atomic E-state index is 12.4. The van der Waals surface area contributed by atoms with E-state index in [0.29, 0.717) is 12.0 Å². The summed E-state index contributed by atoms with van der Waals surface area (Å²) in [5.41, 5.74) is 8.65. The van der Waals surface area contributed by atoms with Crippen molar-refractivity contribution in [3.63, 3.8) is 0 Å². The maximum absolute atomic E-state index is 12.4. The number of nitrogens with two attached hydrogens (primary N) is 1. The highest BCUT2D eigenvalue weighted by Crippen LogP contribution is 2.49. The highest BCUT2D eigenvalue weighted by atomic mass is 16.1. The zero-order chi connectivity index (χ0) is 17.3. The number of hydrogen-bond donors (Lipinski definition) is 2. The lowest BCUT2D eigenvalue weighted by atomic mass is 9.94. The summed E-state index contributed by atoms with van der Waals surface area (Å²) in [6, 6.07) is 8.33. The van der Waals surface area contributed by atoms with Gasteiger partial charge in [-0.15, -0.1) is 0 Å². The predicted molar refractivity (Wildman–Crippen MR) is 101 cm³/mol. The van der Waals surface area contributed by atoms with E-state index in [2.05, 4.69) is 22.3 Å². The summed E-state index contributed by atoms with van der Waals surface area (Å²) in [7, 11) is 0. The largest absolute Gasteiger partial charge is 0.350 e. The standard InChI is InChI=1S/C21H31N3O/c22-21(9-1-2-10-21)15-23-19(25)17-5-7-18(8-6-17)20(11-12-20)16-24-13-3-4-14-24/h5-8H,1-4,9-16,22H2,(H,23,25). The van der Waals surface area contributed by atoms with Crippen LogP contribution in [0.1, 0.15) is 67.3 Å².